The van der Waals surface area contributed by atoms with Gasteiger partial charge >= 0.3 is 0 Å². The maximum absolute atomic E-state index is 13.3. The zero-order valence-electron chi connectivity index (χ0n) is 13.8. The number of sulfonamides is 1. The Kier molecular flexibility index (Phi) is 4.06. The number of aryl methyl sites for hydroxylation is 1. The molecule has 1 aliphatic carbocycles. The predicted octanol–water partition coefficient (Wildman–Crippen LogP) is 2.73. The Morgan fingerprint density at radius 3 is 2.83 bits per heavy atom. The largest absolute Gasteiger partial charge is 0.381 e. The third kappa shape index (κ3) is 2.94. The Hall–Kier alpha value is -1.50. The van der Waals surface area contributed by atoms with Crippen molar-refractivity contribution in [3.05, 3.63) is 36.0 Å². The molecule has 2 aromatic rings. The molecule has 2 aliphatic rings. The van der Waals surface area contributed by atoms with Gasteiger partial charge in [0.1, 0.15) is 4.90 Å². The summed E-state index contributed by atoms with van der Waals surface area (Å²) in [5.74, 6) is 0.297. The van der Waals surface area contributed by atoms with Crippen LogP contribution in [0.2, 0.25) is 0 Å². The van der Waals surface area contributed by atoms with Gasteiger partial charge in [0.2, 0.25) is 10.0 Å². The lowest BCUT2D eigenvalue weighted by molar-refractivity contribution is 0.180. The molecule has 0 amide bonds. The van der Waals surface area contributed by atoms with Gasteiger partial charge < -0.3 is 4.74 Å². The van der Waals surface area contributed by atoms with Crippen molar-refractivity contribution >= 4 is 20.9 Å². The lowest BCUT2D eigenvalue weighted by Crippen LogP contribution is -2.37. The summed E-state index contributed by atoms with van der Waals surface area (Å²) in [4.78, 5) is 4.74. The number of pyridine rings is 1. The van der Waals surface area contributed by atoms with Crippen LogP contribution in [0.15, 0.2) is 35.4 Å². The van der Waals surface area contributed by atoms with Gasteiger partial charge in [0.25, 0.3) is 0 Å². The van der Waals surface area contributed by atoms with Crippen molar-refractivity contribution < 1.29 is 13.2 Å². The summed E-state index contributed by atoms with van der Waals surface area (Å²) < 4.78 is 33.8. The number of ether oxygens (including phenoxy) is 1. The number of aromatic nitrogens is 1. The van der Waals surface area contributed by atoms with E-state index in [0.717, 1.165) is 36.8 Å². The van der Waals surface area contributed by atoms with Crippen LogP contribution in [0.4, 0.5) is 0 Å². The highest BCUT2D eigenvalue weighted by Gasteiger charge is 2.40. The predicted molar refractivity (Wildman–Crippen MR) is 92.3 cm³/mol. The van der Waals surface area contributed by atoms with Crippen molar-refractivity contribution in [2.24, 2.45) is 5.92 Å². The van der Waals surface area contributed by atoms with E-state index >= 15 is 0 Å². The van der Waals surface area contributed by atoms with Crippen LogP contribution in [-0.4, -0.2) is 43.5 Å². The Morgan fingerprint density at radius 2 is 2.12 bits per heavy atom. The van der Waals surface area contributed by atoms with Crippen molar-refractivity contribution in [2.75, 3.05) is 19.8 Å². The first-order valence-electron chi connectivity index (χ1n) is 8.50. The molecule has 1 saturated heterocycles. The van der Waals surface area contributed by atoms with Crippen LogP contribution in [0, 0.1) is 12.8 Å². The lowest BCUT2D eigenvalue weighted by atomic mass is 10.1. The van der Waals surface area contributed by atoms with E-state index in [0.29, 0.717) is 29.5 Å². The highest BCUT2D eigenvalue weighted by atomic mass is 32.2. The van der Waals surface area contributed by atoms with Gasteiger partial charge in [-0.1, -0.05) is 12.1 Å². The summed E-state index contributed by atoms with van der Waals surface area (Å²) in [6.07, 6.45) is 4.56. The molecule has 128 valence electrons. The Morgan fingerprint density at radius 1 is 1.29 bits per heavy atom. The fourth-order valence-corrected chi connectivity index (χ4v) is 5.29. The Labute approximate surface area is 142 Å². The molecule has 2 fully saturated rings. The zero-order chi connectivity index (χ0) is 16.7. The molecule has 24 heavy (non-hydrogen) atoms. The second-order valence-electron chi connectivity index (χ2n) is 6.88. The van der Waals surface area contributed by atoms with Gasteiger partial charge in [-0.15, -0.1) is 0 Å². The van der Waals surface area contributed by atoms with Gasteiger partial charge in [0.05, 0.1) is 12.1 Å². The molecule has 4 rings (SSSR count). The minimum absolute atomic E-state index is 0.135. The number of rotatable bonds is 5. The molecule has 1 aromatic carbocycles. The normalized spacial score (nSPS) is 21.7. The van der Waals surface area contributed by atoms with Crippen LogP contribution in [0.1, 0.15) is 24.8 Å². The highest BCUT2D eigenvalue weighted by molar-refractivity contribution is 7.89. The van der Waals surface area contributed by atoms with E-state index in [4.69, 9.17) is 4.74 Å². The summed E-state index contributed by atoms with van der Waals surface area (Å²) in [6.45, 7) is 3.91. The lowest BCUT2D eigenvalue weighted by Gasteiger charge is -2.25. The number of hydrogen-bond donors (Lipinski definition) is 0. The molecule has 6 heteroatoms. The molecule has 1 saturated carbocycles. The average molecular weight is 346 g/mol. The van der Waals surface area contributed by atoms with Crippen molar-refractivity contribution in [3.63, 3.8) is 0 Å². The fraction of sp³-hybridized carbons (Fsp3) is 0.500. The summed E-state index contributed by atoms with van der Waals surface area (Å²) in [7, 11) is -3.55. The first-order valence-corrected chi connectivity index (χ1v) is 9.94. The van der Waals surface area contributed by atoms with Crippen molar-refractivity contribution in [3.8, 4) is 0 Å². The smallest absolute Gasteiger partial charge is 0.245 e. The summed E-state index contributed by atoms with van der Waals surface area (Å²) in [5.41, 5.74) is 1.59. The number of fused-ring (bicyclic) bond motifs is 1. The van der Waals surface area contributed by atoms with Gasteiger partial charge in [-0.3, -0.25) is 4.98 Å². The van der Waals surface area contributed by atoms with E-state index in [1.165, 1.54) is 0 Å². The highest BCUT2D eigenvalue weighted by Crippen LogP contribution is 2.35. The number of para-hydroxylation sites is 1. The maximum Gasteiger partial charge on any atom is 0.245 e. The molecule has 1 aromatic heterocycles. The molecule has 0 N–H and O–H groups in total. The summed E-state index contributed by atoms with van der Waals surface area (Å²) in [5, 5.41) is 0.871. The molecule has 1 atom stereocenters. The third-order valence-corrected chi connectivity index (χ3v) is 6.76. The van der Waals surface area contributed by atoms with E-state index in [9.17, 15) is 8.42 Å². The van der Waals surface area contributed by atoms with Gasteiger partial charge in [0.15, 0.2) is 0 Å². The molecule has 1 aliphatic heterocycles. The van der Waals surface area contributed by atoms with E-state index < -0.39 is 10.0 Å². The van der Waals surface area contributed by atoms with Gasteiger partial charge in [-0.2, -0.15) is 4.31 Å². The average Bonchev–Trinajstić information content (AvgIpc) is 3.27. The molecule has 0 bridgehead atoms. The third-order valence-electron chi connectivity index (χ3n) is 4.81. The summed E-state index contributed by atoms with van der Waals surface area (Å²) >= 11 is 0. The number of nitrogens with zero attached hydrogens (tertiary/aromatic N) is 2. The quantitative estimate of drug-likeness (QED) is 0.835. The van der Waals surface area contributed by atoms with E-state index in [-0.39, 0.29) is 6.04 Å². The molecule has 5 nitrogen and oxygen atoms in total. The fourth-order valence-electron chi connectivity index (χ4n) is 3.37. The Bertz CT molecular complexity index is 856. The zero-order valence-corrected chi connectivity index (χ0v) is 14.6. The van der Waals surface area contributed by atoms with Crippen LogP contribution >= 0.6 is 0 Å². The number of benzene rings is 1. The van der Waals surface area contributed by atoms with Crippen LogP contribution in [0.3, 0.4) is 0 Å². The second kappa shape index (κ2) is 6.10. The van der Waals surface area contributed by atoms with Crippen LogP contribution in [0.5, 0.6) is 0 Å². The molecule has 0 spiro atoms. The number of hydrogen-bond acceptors (Lipinski definition) is 4. The van der Waals surface area contributed by atoms with E-state index in [2.05, 4.69) is 4.98 Å². The first-order chi connectivity index (χ1) is 11.6. The van der Waals surface area contributed by atoms with E-state index in [1.807, 2.05) is 19.1 Å². The Balaban J connectivity index is 1.75. The van der Waals surface area contributed by atoms with Gasteiger partial charge in [-0.05, 0) is 49.8 Å². The SMILES string of the molecule is Cc1cnc2c(S(=O)(=O)N(C[C@@H]3CCOC3)C3CC3)cccc2c1. The van der Waals surface area contributed by atoms with Gasteiger partial charge in [-0.25, -0.2) is 8.42 Å². The monoisotopic (exact) mass is 346 g/mol. The molecular formula is C18H22N2O3S. The van der Waals surface area contributed by atoms with E-state index in [1.54, 1.807) is 22.6 Å². The van der Waals surface area contributed by atoms with Crippen LogP contribution in [0.25, 0.3) is 10.9 Å². The summed E-state index contributed by atoms with van der Waals surface area (Å²) in [6, 6.07) is 7.52. The molecule has 0 unspecified atom stereocenters. The van der Waals surface area contributed by atoms with Crippen molar-refractivity contribution in [1.82, 2.24) is 9.29 Å². The molecular weight excluding hydrogens is 324 g/mol. The standard InChI is InChI=1S/C18H22N2O3S/c1-13-9-15-3-2-4-17(18(15)19-10-13)24(21,22)20(16-5-6-16)11-14-7-8-23-12-14/h2-4,9-10,14,16H,5-8,11-12H2,1H3/t14-/m0/s1. The second-order valence-corrected chi connectivity index (χ2v) is 8.74. The van der Waals surface area contributed by atoms with Crippen molar-refractivity contribution in [2.45, 2.75) is 37.1 Å². The van der Waals surface area contributed by atoms with Crippen molar-refractivity contribution in [1.29, 1.82) is 0 Å². The minimum atomic E-state index is -3.55. The minimum Gasteiger partial charge on any atom is -0.381 e. The molecule has 0 radical (unpaired) electrons. The topological polar surface area (TPSA) is 59.5 Å². The molecule has 2 heterocycles. The first kappa shape index (κ1) is 16.0. The maximum atomic E-state index is 13.3. The van der Waals surface area contributed by atoms with Gasteiger partial charge in [0, 0.05) is 30.8 Å². The van der Waals surface area contributed by atoms with Crippen LogP contribution < -0.4 is 0 Å². The van der Waals surface area contributed by atoms with Crippen LogP contribution in [-0.2, 0) is 14.8 Å².